The molecule has 0 N–H and O–H groups in total. The fourth-order valence-corrected chi connectivity index (χ4v) is 5.64. The third-order valence-electron chi connectivity index (χ3n) is 7.38. The summed E-state index contributed by atoms with van der Waals surface area (Å²) in [6, 6.07) is 9.95. The van der Waals surface area contributed by atoms with Gasteiger partial charge < -0.3 is 14.5 Å². The molecule has 3 fully saturated rings. The van der Waals surface area contributed by atoms with E-state index < -0.39 is 11.9 Å². The highest BCUT2D eigenvalue weighted by atomic mass is 19.4. The number of ether oxygens (including phenoxy) is 1. The van der Waals surface area contributed by atoms with Gasteiger partial charge in [0.05, 0.1) is 12.4 Å². The van der Waals surface area contributed by atoms with Crippen molar-refractivity contribution in [3.05, 3.63) is 54.0 Å². The van der Waals surface area contributed by atoms with Crippen LogP contribution in [0.3, 0.4) is 0 Å². The molecule has 1 amide bonds. The molecule has 1 spiro atoms. The van der Waals surface area contributed by atoms with Crippen molar-refractivity contribution in [1.82, 2.24) is 19.8 Å². The second-order valence-corrected chi connectivity index (χ2v) is 10.3. The standard InChI is InChI=1S/C25H30F3N5O2/c1-17-13-33(18(2)12-32(17)22-11-29-10-21(30-22)25(26,27)28)23(34)35-20-8-24(9-20)15-31(16-24)14-19-6-4-3-5-7-19/h3-7,10-11,17-18,20H,8-9,12-16H2,1-2H3/t17-,18-/m1/s1. The molecule has 2 aromatic rings. The minimum atomic E-state index is -4.55. The van der Waals surface area contributed by atoms with Gasteiger partial charge in [-0.3, -0.25) is 9.88 Å². The Balaban J connectivity index is 1.11. The molecule has 2 saturated heterocycles. The van der Waals surface area contributed by atoms with Crippen LogP contribution in [-0.4, -0.2) is 70.2 Å². The Labute approximate surface area is 202 Å². The zero-order chi connectivity index (χ0) is 24.8. The number of halogens is 3. The van der Waals surface area contributed by atoms with Crippen molar-refractivity contribution >= 4 is 11.9 Å². The van der Waals surface area contributed by atoms with Gasteiger partial charge in [0, 0.05) is 50.2 Å². The zero-order valence-electron chi connectivity index (χ0n) is 19.9. The number of anilines is 1. The number of carbonyl (C=O) groups excluding carboxylic acids is 1. The van der Waals surface area contributed by atoms with Crippen LogP contribution in [0.5, 0.6) is 0 Å². The van der Waals surface area contributed by atoms with Crippen LogP contribution in [0.4, 0.5) is 23.8 Å². The number of benzene rings is 1. The van der Waals surface area contributed by atoms with Gasteiger partial charge in [0.1, 0.15) is 11.9 Å². The van der Waals surface area contributed by atoms with Gasteiger partial charge in [-0.25, -0.2) is 9.78 Å². The Hall–Kier alpha value is -2.88. The highest BCUT2D eigenvalue weighted by molar-refractivity contribution is 5.69. The number of amides is 1. The van der Waals surface area contributed by atoms with E-state index in [1.807, 2.05) is 19.9 Å². The number of piperazine rings is 1. The zero-order valence-corrected chi connectivity index (χ0v) is 19.9. The molecule has 7 nitrogen and oxygen atoms in total. The van der Waals surface area contributed by atoms with Crippen LogP contribution in [-0.2, 0) is 17.5 Å². The molecule has 1 aromatic carbocycles. The van der Waals surface area contributed by atoms with E-state index in [0.717, 1.165) is 38.7 Å². The first-order chi connectivity index (χ1) is 16.6. The molecule has 5 rings (SSSR count). The van der Waals surface area contributed by atoms with E-state index >= 15 is 0 Å². The van der Waals surface area contributed by atoms with E-state index in [0.29, 0.717) is 13.1 Å². The molecule has 3 heterocycles. The number of likely N-dealkylation sites (tertiary alicyclic amines) is 1. The van der Waals surface area contributed by atoms with E-state index in [1.54, 1.807) is 9.80 Å². The first-order valence-corrected chi connectivity index (χ1v) is 12.0. The largest absolute Gasteiger partial charge is 0.446 e. The minimum Gasteiger partial charge on any atom is -0.446 e. The van der Waals surface area contributed by atoms with Gasteiger partial charge in [0.25, 0.3) is 0 Å². The molecule has 1 aromatic heterocycles. The number of carbonyl (C=O) groups is 1. The summed E-state index contributed by atoms with van der Waals surface area (Å²) in [5, 5.41) is 0. The second kappa shape index (κ2) is 8.96. The number of aromatic nitrogens is 2. The maximum atomic E-state index is 13.0. The van der Waals surface area contributed by atoms with Crippen LogP contribution in [0.25, 0.3) is 0 Å². The smallest absolute Gasteiger partial charge is 0.434 e. The Bertz CT molecular complexity index is 1050. The summed E-state index contributed by atoms with van der Waals surface area (Å²) >= 11 is 0. The van der Waals surface area contributed by atoms with Crippen molar-refractivity contribution in [2.75, 3.05) is 31.1 Å². The summed E-state index contributed by atoms with van der Waals surface area (Å²) < 4.78 is 45.0. The normalized spacial score (nSPS) is 24.7. The molecule has 10 heteroatoms. The Morgan fingerprint density at radius 3 is 2.49 bits per heavy atom. The number of rotatable bonds is 4. The van der Waals surface area contributed by atoms with Crippen LogP contribution in [0.2, 0.25) is 0 Å². The first kappa shape index (κ1) is 23.8. The average Bonchev–Trinajstić information content (AvgIpc) is 2.77. The lowest BCUT2D eigenvalue weighted by Crippen LogP contribution is -2.64. The monoisotopic (exact) mass is 489 g/mol. The predicted octanol–water partition coefficient (Wildman–Crippen LogP) is 4.20. The Morgan fingerprint density at radius 1 is 1.09 bits per heavy atom. The van der Waals surface area contributed by atoms with Gasteiger partial charge in [0.2, 0.25) is 0 Å². The first-order valence-electron chi connectivity index (χ1n) is 12.0. The maximum absolute atomic E-state index is 13.0. The Morgan fingerprint density at radius 2 is 1.80 bits per heavy atom. The van der Waals surface area contributed by atoms with E-state index in [2.05, 4.69) is 39.1 Å². The van der Waals surface area contributed by atoms with Gasteiger partial charge in [0.15, 0.2) is 5.69 Å². The molecule has 0 bridgehead atoms. The molecule has 1 aliphatic carbocycles. The van der Waals surface area contributed by atoms with Crippen LogP contribution >= 0.6 is 0 Å². The molecule has 35 heavy (non-hydrogen) atoms. The lowest BCUT2D eigenvalue weighted by molar-refractivity contribution is -0.141. The van der Waals surface area contributed by atoms with Crippen LogP contribution in [0, 0.1) is 5.41 Å². The minimum absolute atomic E-state index is 0.0729. The van der Waals surface area contributed by atoms with Crippen LogP contribution < -0.4 is 4.90 Å². The quantitative estimate of drug-likeness (QED) is 0.642. The van der Waals surface area contributed by atoms with Crippen LogP contribution in [0.15, 0.2) is 42.7 Å². The number of alkyl halides is 3. The molecule has 1 saturated carbocycles. The third kappa shape index (κ3) is 4.94. The summed E-state index contributed by atoms with van der Waals surface area (Å²) in [6.07, 6.45) is -1.15. The number of nitrogens with zero attached hydrogens (tertiary/aromatic N) is 5. The summed E-state index contributed by atoms with van der Waals surface area (Å²) in [5.41, 5.74) is 0.552. The number of hydrogen-bond acceptors (Lipinski definition) is 6. The van der Waals surface area contributed by atoms with Crippen molar-refractivity contribution in [2.45, 2.75) is 57.6 Å². The van der Waals surface area contributed by atoms with E-state index in [9.17, 15) is 18.0 Å². The Kier molecular flexibility index (Phi) is 6.11. The van der Waals surface area contributed by atoms with Crippen molar-refractivity contribution in [1.29, 1.82) is 0 Å². The molecule has 0 radical (unpaired) electrons. The van der Waals surface area contributed by atoms with Gasteiger partial charge in [-0.1, -0.05) is 30.3 Å². The van der Waals surface area contributed by atoms with Crippen molar-refractivity contribution in [3.8, 4) is 0 Å². The molecule has 3 aliphatic rings. The molecule has 2 aliphatic heterocycles. The lowest BCUT2D eigenvalue weighted by atomic mass is 9.61. The average molecular weight is 490 g/mol. The topological polar surface area (TPSA) is 61.8 Å². The molecular weight excluding hydrogens is 459 g/mol. The highest BCUT2D eigenvalue weighted by Crippen LogP contribution is 2.50. The molecular formula is C25H30F3N5O2. The molecule has 188 valence electrons. The fraction of sp³-hybridized carbons (Fsp3) is 0.560. The molecule has 0 unspecified atom stereocenters. The summed E-state index contributed by atoms with van der Waals surface area (Å²) in [6.45, 7) is 7.44. The van der Waals surface area contributed by atoms with E-state index in [4.69, 9.17) is 4.74 Å². The van der Waals surface area contributed by atoms with Crippen LogP contribution in [0.1, 0.15) is 37.9 Å². The van der Waals surface area contributed by atoms with Gasteiger partial charge in [-0.05, 0) is 32.3 Å². The maximum Gasteiger partial charge on any atom is 0.434 e. The van der Waals surface area contributed by atoms with Gasteiger partial charge >= 0.3 is 12.3 Å². The molecule has 2 atom stereocenters. The van der Waals surface area contributed by atoms with Crippen molar-refractivity contribution in [2.24, 2.45) is 5.41 Å². The summed E-state index contributed by atoms with van der Waals surface area (Å²) in [7, 11) is 0. The second-order valence-electron chi connectivity index (χ2n) is 10.3. The SMILES string of the molecule is C[C@@H]1CN(c2cncc(C(F)(F)F)n2)[C@H](C)CN1C(=O)OC1CC2(C1)CN(Cc1ccccc1)C2. The van der Waals surface area contributed by atoms with Crippen molar-refractivity contribution < 1.29 is 22.7 Å². The summed E-state index contributed by atoms with van der Waals surface area (Å²) in [4.78, 5) is 26.3. The predicted molar refractivity (Wildman–Crippen MR) is 124 cm³/mol. The fourth-order valence-electron chi connectivity index (χ4n) is 5.64. The van der Waals surface area contributed by atoms with Crippen molar-refractivity contribution in [3.63, 3.8) is 0 Å². The summed E-state index contributed by atoms with van der Waals surface area (Å²) in [5.74, 6) is 0.165. The third-order valence-corrected chi connectivity index (χ3v) is 7.38. The highest BCUT2D eigenvalue weighted by Gasteiger charge is 2.54. The van der Waals surface area contributed by atoms with Gasteiger partial charge in [-0.2, -0.15) is 13.2 Å². The van der Waals surface area contributed by atoms with Gasteiger partial charge in [-0.15, -0.1) is 0 Å². The number of hydrogen-bond donors (Lipinski definition) is 0. The van der Waals surface area contributed by atoms with E-state index in [-0.39, 0.29) is 35.5 Å². The lowest BCUT2D eigenvalue weighted by Gasteiger charge is -2.58. The van der Waals surface area contributed by atoms with E-state index in [1.165, 1.54) is 11.8 Å².